The van der Waals surface area contributed by atoms with E-state index in [2.05, 4.69) is 10.2 Å². The zero-order valence-electron chi connectivity index (χ0n) is 16.7. The Balaban J connectivity index is 2.00. The minimum absolute atomic E-state index is 0.0684. The van der Waals surface area contributed by atoms with Gasteiger partial charge in [-0.15, -0.1) is 0 Å². The molecule has 0 radical (unpaired) electrons. The zero-order valence-corrected chi connectivity index (χ0v) is 17.5. The maximum Gasteiger partial charge on any atom is 0.335 e. The van der Waals surface area contributed by atoms with E-state index in [1.807, 2.05) is 32.0 Å². The number of thiocarbonyl (C=S) groups is 1. The van der Waals surface area contributed by atoms with E-state index in [1.54, 1.807) is 19.1 Å². The van der Waals surface area contributed by atoms with E-state index in [1.165, 1.54) is 28.0 Å². The molecule has 0 bridgehead atoms. The van der Waals surface area contributed by atoms with Crippen molar-refractivity contribution in [1.82, 2.24) is 9.78 Å². The van der Waals surface area contributed by atoms with Crippen molar-refractivity contribution in [1.29, 1.82) is 0 Å². The molecule has 1 aromatic heterocycles. The second-order valence-corrected chi connectivity index (χ2v) is 7.23. The quantitative estimate of drug-likeness (QED) is 0.330. The van der Waals surface area contributed by atoms with Crippen molar-refractivity contribution in [3.05, 3.63) is 80.8 Å². The predicted molar refractivity (Wildman–Crippen MR) is 121 cm³/mol. The van der Waals surface area contributed by atoms with Crippen LogP contribution in [0.25, 0.3) is 5.69 Å². The van der Waals surface area contributed by atoms with Crippen molar-refractivity contribution >= 4 is 35.2 Å². The third-order valence-electron chi connectivity index (χ3n) is 4.71. The minimum atomic E-state index is -1.08. The molecule has 154 valence electrons. The number of hydrogen-bond donors (Lipinski definition) is 3. The second-order valence-electron chi connectivity index (χ2n) is 6.81. The van der Waals surface area contributed by atoms with Gasteiger partial charge in [0.05, 0.1) is 28.7 Å². The molecule has 0 saturated carbocycles. The highest BCUT2D eigenvalue weighted by Crippen LogP contribution is 2.17. The van der Waals surface area contributed by atoms with Crippen LogP contribution in [-0.2, 0) is 0 Å². The third-order valence-corrected chi connectivity index (χ3v) is 4.89. The summed E-state index contributed by atoms with van der Waals surface area (Å²) in [7, 11) is 0. The monoisotopic (exact) mass is 423 g/mol. The zero-order chi connectivity index (χ0) is 22.0. The highest BCUT2D eigenvalue weighted by Gasteiger charge is 2.14. The van der Waals surface area contributed by atoms with Crippen LogP contribution in [0.4, 0.5) is 5.69 Å². The van der Waals surface area contributed by atoms with Gasteiger partial charge in [-0.05, 0) is 74.4 Å². The van der Waals surface area contributed by atoms with Gasteiger partial charge in [-0.3, -0.25) is 9.89 Å². The van der Waals surface area contributed by atoms with E-state index in [0.29, 0.717) is 22.6 Å². The first-order valence-electron chi connectivity index (χ1n) is 9.05. The third kappa shape index (κ3) is 4.15. The maximum atomic E-state index is 12.9. The number of aromatic carboxylic acids is 1. The van der Waals surface area contributed by atoms with Gasteiger partial charge in [-0.25, -0.2) is 14.5 Å². The average molecular weight is 423 g/mol. The Hall–Kier alpha value is -3.72. The number of aryl methyl sites for hydroxylation is 3. The molecule has 8 nitrogen and oxygen atoms in total. The molecule has 0 spiro atoms. The summed E-state index contributed by atoms with van der Waals surface area (Å²) < 4.78 is 1.44. The molecule has 0 unspecified atom stereocenters. The van der Waals surface area contributed by atoms with Gasteiger partial charge in [0.1, 0.15) is 0 Å². The lowest BCUT2D eigenvalue weighted by Gasteiger charge is -2.16. The maximum absolute atomic E-state index is 12.9. The molecule has 0 aliphatic carbocycles. The van der Waals surface area contributed by atoms with Crippen LogP contribution in [0.1, 0.15) is 32.7 Å². The first-order chi connectivity index (χ1) is 14.2. The van der Waals surface area contributed by atoms with E-state index in [-0.39, 0.29) is 16.2 Å². The minimum Gasteiger partial charge on any atom is -0.478 e. The molecule has 3 aromatic rings. The fourth-order valence-electron chi connectivity index (χ4n) is 2.90. The van der Waals surface area contributed by atoms with E-state index in [9.17, 15) is 14.7 Å². The van der Waals surface area contributed by atoms with Crippen molar-refractivity contribution < 1.29 is 9.90 Å². The van der Waals surface area contributed by atoms with E-state index >= 15 is 0 Å². The fourth-order valence-corrected chi connectivity index (χ4v) is 3.05. The van der Waals surface area contributed by atoms with E-state index in [0.717, 1.165) is 11.1 Å². The van der Waals surface area contributed by atoms with Crippen molar-refractivity contribution in [2.45, 2.75) is 20.8 Å². The summed E-state index contributed by atoms with van der Waals surface area (Å²) in [5.41, 5.74) is 9.80. The van der Waals surface area contributed by atoms with Crippen LogP contribution >= 0.6 is 12.2 Å². The summed E-state index contributed by atoms with van der Waals surface area (Å²) in [6.45, 7) is 5.74. The highest BCUT2D eigenvalue weighted by molar-refractivity contribution is 7.80. The molecule has 0 saturated heterocycles. The SMILES string of the molecule is Cc1ccc(-n2[nH]c(C)c(C=NN(C(N)=S)c3cccc(C(=O)O)c3)c2=O)cc1C. The lowest BCUT2D eigenvalue weighted by molar-refractivity contribution is 0.0697. The van der Waals surface area contributed by atoms with E-state index < -0.39 is 5.97 Å². The van der Waals surface area contributed by atoms with Crippen molar-refractivity contribution in [3.8, 4) is 5.69 Å². The van der Waals surface area contributed by atoms with Gasteiger partial charge in [-0.1, -0.05) is 12.1 Å². The Morgan fingerprint density at radius 3 is 2.57 bits per heavy atom. The lowest BCUT2D eigenvalue weighted by atomic mass is 10.1. The van der Waals surface area contributed by atoms with Gasteiger partial charge in [0.25, 0.3) is 5.56 Å². The molecule has 2 aromatic carbocycles. The smallest absolute Gasteiger partial charge is 0.335 e. The number of carbonyl (C=O) groups is 1. The Morgan fingerprint density at radius 1 is 1.20 bits per heavy atom. The molecule has 0 aliphatic rings. The lowest BCUT2D eigenvalue weighted by Crippen LogP contribution is -2.31. The molecule has 30 heavy (non-hydrogen) atoms. The molecule has 0 atom stereocenters. The van der Waals surface area contributed by atoms with Crippen LogP contribution in [0, 0.1) is 20.8 Å². The predicted octanol–water partition coefficient (Wildman–Crippen LogP) is 2.87. The summed E-state index contributed by atoms with van der Waals surface area (Å²) in [5.74, 6) is -1.08. The number of H-pyrrole nitrogens is 1. The molecular formula is C21H21N5O3S. The number of hydrogen-bond acceptors (Lipinski definition) is 4. The summed E-state index contributed by atoms with van der Waals surface area (Å²) >= 11 is 5.05. The molecule has 0 fully saturated rings. The Bertz CT molecular complexity index is 1230. The van der Waals surface area contributed by atoms with E-state index in [4.69, 9.17) is 18.0 Å². The van der Waals surface area contributed by atoms with Crippen LogP contribution < -0.4 is 16.3 Å². The van der Waals surface area contributed by atoms with Gasteiger partial charge in [0.15, 0.2) is 5.11 Å². The number of rotatable bonds is 5. The average Bonchev–Trinajstić information content (AvgIpc) is 2.98. The number of nitrogens with two attached hydrogens (primary N) is 1. The number of aromatic amines is 1. The number of anilines is 1. The summed E-state index contributed by atoms with van der Waals surface area (Å²) in [5, 5.41) is 17.6. The number of nitrogens with zero attached hydrogens (tertiary/aromatic N) is 3. The normalized spacial score (nSPS) is 11.0. The molecule has 3 rings (SSSR count). The van der Waals surface area contributed by atoms with Crippen LogP contribution in [0.2, 0.25) is 0 Å². The topological polar surface area (TPSA) is 117 Å². The van der Waals surface area contributed by atoms with Gasteiger partial charge >= 0.3 is 5.97 Å². The number of nitrogens with one attached hydrogen (secondary N) is 1. The van der Waals surface area contributed by atoms with Gasteiger partial charge in [0.2, 0.25) is 0 Å². The van der Waals surface area contributed by atoms with Crippen molar-refractivity contribution in [2.24, 2.45) is 10.8 Å². The Kier molecular flexibility index (Phi) is 5.84. The summed E-state index contributed by atoms with van der Waals surface area (Å²) in [6, 6.07) is 11.8. The Morgan fingerprint density at radius 2 is 1.93 bits per heavy atom. The molecule has 1 heterocycles. The van der Waals surface area contributed by atoms with Crippen LogP contribution in [0.5, 0.6) is 0 Å². The molecule has 0 aliphatic heterocycles. The van der Waals surface area contributed by atoms with Gasteiger partial charge < -0.3 is 10.8 Å². The number of carboxylic acids is 1. The number of carboxylic acid groups (broad SMARTS) is 1. The van der Waals surface area contributed by atoms with Crippen LogP contribution in [0.3, 0.4) is 0 Å². The van der Waals surface area contributed by atoms with Gasteiger partial charge in [-0.2, -0.15) is 5.10 Å². The van der Waals surface area contributed by atoms with Crippen molar-refractivity contribution in [3.63, 3.8) is 0 Å². The fraction of sp³-hybridized carbons (Fsp3) is 0.143. The molecule has 4 N–H and O–H groups in total. The molecule has 9 heteroatoms. The highest BCUT2D eigenvalue weighted by atomic mass is 32.1. The number of hydrazone groups is 1. The number of benzene rings is 2. The standard InChI is InChI=1S/C21H21N5O3S/c1-12-7-8-17(9-13(12)2)25-19(27)18(14(3)24-25)11-23-26(21(22)30)16-6-4-5-15(10-16)20(28)29/h4-11,24H,1-3H3,(H2,22,30)(H,28,29). The number of aromatic nitrogens is 2. The first-order valence-corrected chi connectivity index (χ1v) is 9.46. The Labute approximate surface area is 178 Å². The summed E-state index contributed by atoms with van der Waals surface area (Å²) in [6.07, 6.45) is 1.36. The first kappa shape index (κ1) is 21.0. The van der Waals surface area contributed by atoms with Gasteiger partial charge in [0, 0.05) is 5.69 Å². The largest absolute Gasteiger partial charge is 0.478 e. The second kappa shape index (κ2) is 8.34. The molecular weight excluding hydrogens is 402 g/mol. The molecule has 0 amide bonds. The van der Waals surface area contributed by atoms with Crippen LogP contribution in [-0.4, -0.2) is 32.2 Å². The van der Waals surface area contributed by atoms with Crippen LogP contribution in [0.15, 0.2) is 52.4 Å². The summed E-state index contributed by atoms with van der Waals surface area (Å²) in [4.78, 5) is 24.2. The van der Waals surface area contributed by atoms with Crippen molar-refractivity contribution in [2.75, 3.05) is 5.01 Å².